The molecule has 0 saturated heterocycles. The number of anilines is 2. The summed E-state index contributed by atoms with van der Waals surface area (Å²) in [7, 11) is -3.62. The van der Waals surface area contributed by atoms with Gasteiger partial charge in [0.15, 0.2) is 0 Å². The van der Waals surface area contributed by atoms with Gasteiger partial charge in [0.2, 0.25) is 0 Å². The molecule has 0 amide bonds. The van der Waals surface area contributed by atoms with E-state index in [4.69, 9.17) is 0 Å². The van der Waals surface area contributed by atoms with Crippen LogP contribution in [0.4, 0.5) is 11.5 Å². The monoisotopic (exact) mass is 345 g/mol. The Morgan fingerprint density at radius 2 is 1.79 bits per heavy atom. The predicted octanol–water partition coefficient (Wildman–Crippen LogP) is 3.58. The molecule has 1 heterocycles. The number of pyridine rings is 1. The van der Waals surface area contributed by atoms with Crippen molar-refractivity contribution in [2.24, 2.45) is 0 Å². The number of fused-ring (bicyclic) bond motifs is 1. The van der Waals surface area contributed by atoms with E-state index in [9.17, 15) is 8.42 Å². The molecule has 1 aromatic carbocycles. The summed E-state index contributed by atoms with van der Waals surface area (Å²) in [6.07, 6.45) is 5.92. The van der Waals surface area contributed by atoms with Crippen molar-refractivity contribution in [3.63, 3.8) is 0 Å². The Bertz CT molecular complexity index is 815. The minimum atomic E-state index is -3.62. The lowest BCUT2D eigenvalue weighted by Gasteiger charge is -2.17. The van der Waals surface area contributed by atoms with Crippen LogP contribution < -0.4 is 10.0 Å². The van der Waals surface area contributed by atoms with Crippen LogP contribution in [-0.2, 0) is 22.9 Å². The standard InChI is InChI=1S/C18H23N3O2S/c1-13(2)20-16-8-10-18(19-12-16)21-24(22,23)17-9-7-14-5-3-4-6-15(14)11-17/h7-13,20H,3-6H2,1-2H3,(H,19,21). The molecule has 128 valence electrons. The molecule has 1 aliphatic rings. The Labute approximate surface area is 143 Å². The van der Waals surface area contributed by atoms with Crippen molar-refractivity contribution in [3.8, 4) is 0 Å². The molecule has 0 aliphatic heterocycles. The molecule has 1 aromatic heterocycles. The highest BCUT2D eigenvalue weighted by atomic mass is 32.2. The zero-order chi connectivity index (χ0) is 17.2. The number of hydrogen-bond acceptors (Lipinski definition) is 4. The van der Waals surface area contributed by atoms with Crippen LogP contribution in [0.15, 0.2) is 41.4 Å². The zero-order valence-corrected chi connectivity index (χ0v) is 14.9. The van der Waals surface area contributed by atoms with E-state index in [2.05, 4.69) is 15.0 Å². The Morgan fingerprint density at radius 3 is 2.46 bits per heavy atom. The lowest BCUT2D eigenvalue weighted by molar-refractivity contribution is 0.600. The molecule has 2 N–H and O–H groups in total. The lowest BCUT2D eigenvalue weighted by atomic mass is 9.92. The van der Waals surface area contributed by atoms with Gasteiger partial charge in [0.1, 0.15) is 5.82 Å². The number of sulfonamides is 1. The van der Waals surface area contributed by atoms with E-state index in [0.717, 1.165) is 30.5 Å². The minimum absolute atomic E-state index is 0.296. The van der Waals surface area contributed by atoms with Gasteiger partial charge in [-0.15, -0.1) is 0 Å². The Hall–Kier alpha value is -2.08. The Balaban J connectivity index is 1.78. The predicted molar refractivity (Wildman–Crippen MR) is 96.9 cm³/mol. The van der Waals surface area contributed by atoms with Crippen LogP contribution in [0.25, 0.3) is 0 Å². The van der Waals surface area contributed by atoms with Crippen molar-refractivity contribution in [2.45, 2.75) is 50.5 Å². The van der Waals surface area contributed by atoms with Gasteiger partial charge in [-0.2, -0.15) is 0 Å². The number of rotatable bonds is 5. The van der Waals surface area contributed by atoms with Crippen LogP contribution in [0.3, 0.4) is 0 Å². The third kappa shape index (κ3) is 3.87. The third-order valence-electron chi connectivity index (χ3n) is 4.09. The third-order valence-corrected chi connectivity index (χ3v) is 5.44. The van der Waals surface area contributed by atoms with E-state index in [1.165, 1.54) is 12.0 Å². The SMILES string of the molecule is CC(C)Nc1ccc(NS(=O)(=O)c2ccc3c(c2)CCCC3)nc1. The van der Waals surface area contributed by atoms with Gasteiger partial charge < -0.3 is 5.32 Å². The van der Waals surface area contributed by atoms with Crippen LogP contribution in [0.2, 0.25) is 0 Å². The second kappa shape index (κ2) is 6.81. The fourth-order valence-corrected chi connectivity index (χ4v) is 4.01. The van der Waals surface area contributed by atoms with Gasteiger partial charge in [-0.05, 0) is 74.9 Å². The highest BCUT2D eigenvalue weighted by Crippen LogP contribution is 2.25. The maximum atomic E-state index is 12.6. The summed E-state index contributed by atoms with van der Waals surface area (Å²) in [4.78, 5) is 4.48. The fourth-order valence-electron chi connectivity index (χ4n) is 2.95. The summed E-state index contributed by atoms with van der Waals surface area (Å²) in [5.74, 6) is 0.321. The minimum Gasteiger partial charge on any atom is -0.382 e. The first-order chi connectivity index (χ1) is 11.4. The smallest absolute Gasteiger partial charge is 0.263 e. The Kier molecular flexibility index (Phi) is 4.76. The number of aryl methyl sites for hydroxylation is 2. The summed E-state index contributed by atoms with van der Waals surface area (Å²) in [6, 6.07) is 9.20. The molecule has 3 rings (SSSR count). The van der Waals surface area contributed by atoms with Gasteiger partial charge in [-0.3, -0.25) is 4.72 Å². The quantitative estimate of drug-likeness (QED) is 0.869. The highest BCUT2D eigenvalue weighted by Gasteiger charge is 2.18. The van der Waals surface area contributed by atoms with Gasteiger partial charge >= 0.3 is 0 Å². The van der Waals surface area contributed by atoms with Crippen LogP contribution in [0, 0.1) is 0 Å². The summed E-state index contributed by atoms with van der Waals surface area (Å²) in [5.41, 5.74) is 3.28. The zero-order valence-electron chi connectivity index (χ0n) is 14.0. The molecule has 24 heavy (non-hydrogen) atoms. The maximum absolute atomic E-state index is 12.6. The fraction of sp³-hybridized carbons (Fsp3) is 0.389. The number of aromatic nitrogens is 1. The van der Waals surface area contributed by atoms with Gasteiger partial charge in [-0.25, -0.2) is 13.4 Å². The van der Waals surface area contributed by atoms with Gasteiger partial charge in [-0.1, -0.05) is 6.07 Å². The van der Waals surface area contributed by atoms with E-state index in [1.54, 1.807) is 24.4 Å². The summed E-state index contributed by atoms with van der Waals surface area (Å²) in [6.45, 7) is 4.07. The van der Waals surface area contributed by atoms with Crippen molar-refractivity contribution < 1.29 is 8.42 Å². The van der Waals surface area contributed by atoms with Crippen LogP contribution in [0.5, 0.6) is 0 Å². The van der Waals surface area contributed by atoms with Crippen molar-refractivity contribution in [1.82, 2.24) is 4.98 Å². The van der Waals surface area contributed by atoms with Gasteiger partial charge in [0.05, 0.1) is 16.8 Å². The molecule has 0 saturated carbocycles. The molecular weight excluding hydrogens is 322 g/mol. The van der Waals surface area contributed by atoms with E-state index < -0.39 is 10.0 Å². The van der Waals surface area contributed by atoms with Crippen LogP contribution in [-0.4, -0.2) is 19.4 Å². The van der Waals surface area contributed by atoms with Crippen LogP contribution >= 0.6 is 0 Å². The molecular formula is C18H23N3O2S. The van der Waals surface area contributed by atoms with Gasteiger partial charge in [0.25, 0.3) is 10.0 Å². The topological polar surface area (TPSA) is 71.1 Å². The molecule has 0 atom stereocenters. The summed E-state index contributed by atoms with van der Waals surface area (Å²) < 4.78 is 27.7. The largest absolute Gasteiger partial charge is 0.382 e. The first-order valence-corrected chi connectivity index (χ1v) is 9.79. The maximum Gasteiger partial charge on any atom is 0.263 e. The number of benzene rings is 1. The van der Waals surface area contributed by atoms with E-state index >= 15 is 0 Å². The van der Waals surface area contributed by atoms with E-state index in [0.29, 0.717) is 16.8 Å². The van der Waals surface area contributed by atoms with Crippen molar-refractivity contribution in [3.05, 3.63) is 47.7 Å². The second-order valence-corrected chi connectivity index (χ2v) is 8.16. The van der Waals surface area contributed by atoms with Crippen molar-refractivity contribution in [1.29, 1.82) is 0 Å². The summed E-state index contributed by atoms with van der Waals surface area (Å²) >= 11 is 0. The first-order valence-electron chi connectivity index (χ1n) is 8.31. The average Bonchev–Trinajstić information content (AvgIpc) is 2.55. The molecule has 0 unspecified atom stereocenters. The molecule has 0 bridgehead atoms. The number of nitrogens with one attached hydrogen (secondary N) is 2. The molecule has 0 fully saturated rings. The van der Waals surface area contributed by atoms with E-state index in [-0.39, 0.29) is 0 Å². The molecule has 6 heteroatoms. The van der Waals surface area contributed by atoms with Gasteiger partial charge in [0, 0.05) is 6.04 Å². The highest BCUT2D eigenvalue weighted by molar-refractivity contribution is 7.92. The summed E-state index contributed by atoms with van der Waals surface area (Å²) in [5, 5.41) is 3.22. The Morgan fingerprint density at radius 1 is 1.04 bits per heavy atom. The average molecular weight is 345 g/mol. The second-order valence-electron chi connectivity index (χ2n) is 6.47. The van der Waals surface area contributed by atoms with E-state index in [1.807, 2.05) is 26.0 Å². The molecule has 0 radical (unpaired) electrons. The van der Waals surface area contributed by atoms with Crippen molar-refractivity contribution >= 4 is 21.5 Å². The molecule has 0 spiro atoms. The van der Waals surface area contributed by atoms with Crippen LogP contribution in [0.1, 0.15) is 37.8 Å². The lowest BCUT2D eigenvalue weighted by Crippen LogP contribution is -2.15. The molecule has 2 aromatic rings. The molecule has 1 aliphatic carbocycles. The number of hydrogen-bond donors (Lipinski definition) is 2. The molecule has 5 nitrogen and oxygen atoms in total. The first kappa shape index (κ1) is 16.8. The number of nitrogens with zero attached hydrogens (tertiary/aromatic N) is 1. The van der Waals surface area contributed by atoms with Crippen molar-refractivity contribution in [2.75, 3.05) is 10.0 Å². The normalized spacial score (nSPS) is 14.3.